The van der Waals surface area contributed by atoms with Gasteiger partial charge in [0, 0.05) is 12.2 Å². The highest BCUT2D eigenvalue weighted by Gasteiger charge is 2.35. The van der Waals surface area contributed by atoms with Crippen LogP contribution in [-0.4, -0.2) is 18.4 Å². The maximum absolute atomic E-state index is 12.9. The molecule has 0 spiro atoms. The van der Waals surface area contributed by atoms with Gasteiger partial charge in [0.25, 0.3) is 0 Å². The van der Waals surface area contributed by atoms with Gasteiger partial charge in [0.1, 0.15) is 11.2 Å². The lowest BCUT2D eigenvalue weighted by atomic mass is 9.91. The molecule has 2 N–H and O–H groups in total. The molecule has 138 valence electrons. The second kappa shape index (κ2) is 8.52. The third kappa shape index (κ3) is 5.19. The highest BCUT2D eigenvalue weighted by atomic mass is 35.5. The van der Waals surface area contributed by atoms with Gasteiger partial charge >= 0.3 is 0 Å². The van der Waals surface area contributed by atoms with Crippen LogP contribution in [0.3, 0.4) is 0 Å². The van der Waals surface area contributed by atoms with E-state index in [9.17, 15) is 14.0 Å². The number of amides is 2. The summed E-state index contributed by atoms with van der Waals surface area (Å²) in [7, 11) is 0. The number of carbonyl (C=O) groups is 2. The first kappa shape index (κ1) is 20.2. The number of carbonyl (C=O) groups excluding carboxylic acids is 2. The van der Waals surface area contributed by atoms with Gasteiger partial charge in [0.15, 0.2) is 0 Å². The minimum Gasteiger partial charge on any atom is -0.355 e. The van der Waals surface area contributed by atoms with Crippen molar-refractivity contribution in [1.82, 2.24) is 5.32 Å². The van der Waals surface area contributed by atoms with Gasteiger partial charge in [-0.2, -0.15) is 0 Å². The molecule has 0 aliphatic carbocycles. The van der Waals surface area contributed by atoms with Gasteiger partial charge in [-0.1, -0.05) is 35.3 Å². The largest absolute Gasteiger partial charge is 0.355 e. The van der Waals surface area contributed by atoms with Gasteiger partial charge in [-0.25, -0.2) is 4.39 Å². The molecule has 0 radical (unpaired) electrons. The fraction of sp³-hybridized carbons (Fsp3) is 0.263. The van der Waals surface area contributed by atoms with Crippen LogP contribution in [0.2, 0.25) is 10.0 Å². The molecule has 0 aliphatic heterocycles. The molecule has 2 aromatic carbocycles. The topological polar surface area (TPSA) is 58.2 Å². The lowest BCUT2D eigenvalue weighted by Gasteiger charge is -2.23. The number of rotatable bonds is 6. The molecule has 0 saturated carbocycles. The molecule has 2 amide bonds. The van der Waals surface area contributed by atoms with Gasteiger partial charge in [0.05, 0.1) is 10.0 Å². The van der Waals surface area contributed by atoms with Gasteiger partial charge in [0.2, 0.25) is 11.8 Å². The number of anilines is 1. The van der Waals surface area contributed by atoms with E-state index in [4.69, 9.17) is 23.2 Å². The van der Waals surface area contributed by atoms with E-state index in [0.717, 1.165) is 5.56 Å². The van der Waals surface area contributed by atoms with Crippen molar-refractivity contribution in [1.29, 1.82) is 0 Å². The summed E-state index contributed by atoms with van der Waals surface area (Å²) >= 11 is 11.8. The van der Waals surface area contributed by atoms with E-state index in [0.29, 0.717) is 28.7 Å². The molecule has 0 aromatic heterocycles. The zero-order valence-electron chi connectivity index (χ0n) is 14.4. The predicted octanol–water partition coefficient (Wildman–Crippen LogP) is 4.46. The van der Waals surface area contributed by atoms with E-state index in [1.807, 2.05) is 0 Å². The van der Waals surface area contributed by atoms with Crippen molar-refractivity contribution < 1.29 is 14.0 Å². The maximum atomic E-state index is 12.9. The van der Waals surface area contributed by atoms with Crippen LogP contribution in [0, 0.1) is 11.2 Å². The third-order valence-corrected chi connectivity index (χ3v) is 4.66. The van der Waals surface area contributed by atoms with Crippen molar-refractivity contribution in [2.24, 2.45) is 5.41 Å². The first-order valence-corrected chi connectivity index (χ1v) is 8.75. The normalized spacial score (nSPS) is 11.1. The minimum atomic E-state index is -1.28. The molecule has 7 heteroatoms. The molecular weight excluding hydrogens is 378 g/mol. The number of hydrogen-bond donors (Lipinski definition) is 2. The summed E-state index contributed by atoms with van der Waals surface area (Å²) in [4.78, 5) is 24.8. The van der Waals surface area contributed by atoms with E-state index >= 15 is 0 Å². The van der Waals surface area contributed by atoms with Crippen LogP contribution < -0.4 is 10.6 Å². The van der Waals surface area contributed by atoms with E-state index in [-0.39, 0.29) is 5.82 Å². The van der Waals surface area contributed by atoms with Crippen molar-refractivity contribution in [3.8, 4) is 0 Å². The monoisotopic (exact) mass is 396 g/mol. The number of benzene rings is 2. The van der Waals surface area contributed by atoms with E-state index in [1.54, 1.807) is 24.3 Å². The molecule has 2 rings (SSSR count). The Labute approximate surface area is 161 Å². The van der Waals surface area contributed by atoms with Crippen LogP contribution in [0.1, 0.15) is 19.4 Å². The second-order valence-corrected chi connectivity index (χ2v) is 7.15. The number of halogens is 3. The van der Waals surface area contributed by atoms with Crippen LogP contribution in [-0.2, 0) is 16.0 Å². The summed E-state index contributed by atoms with van der Waals surface area (Å²) in [6, 6.07) is 10.7. The maximum Gasteiger partial charge on any atom is 0.239 e. The SMILES string of the molecule is CC(C)(C(=O)NCCc1ccc(F)cc1)C(=O)Nc1ccc(Cl)c(Cl)c1. The van der Waals surface area contributed by atoms with Crippen LogP contribution in [0.5, 0.6) is 0 Å². The fourth-order valence-corrected chi connectivity index (χ4v) is 2.45. The quantitative estimate of drug-likeness (QED) is 0.708. The molecule has 0 fully saturated rings. The molecule has 0 saturated heterocycles. The Balaban J connectivity index is 1.91. The highest BCUT2D eigenvalue weighted by molar-refractivity contribution is 6.42. The fourth-order valence-electron chi connectivity index (χ4n) is 2.16. The molecule has 0 aliphatic rings. The van der Waals surface area contributed by atoms with Gasteiger partial charge in [-0.15, -0.1) is 0 Å². The van der Waals surface area contributed by atoms with Crippen LogP contribution in [0.15, 0.2) is 42.5 Å². The molecule has 26 heavy (non-hydrogen) atoms. The molecule has 0 heterocycles. The molecule has 0 atom stereocenters. The van der Waals surface area contributed by atoms with Crippen LogP contribution in [0.25, 0.3) is 0 Å². The molecule has 4 nitrogen and oxygen atoms in total. The minimum absolute atomic E-state index is 0.308. The van der Waals surface area contributed by atoms with E-state index in [1.165, 1.54) is 32.0 Å². The first-order valence-electron chi connectivity index (χ1n) is 7.99. The Kier molecular flexibility index (Phi) is 6.62. The smallest absolute Gasteiger partial charge is 0.239 e. The summed E-state index contributed by atoms with van der Waals surface area (Å²) < 4.78 is 12.9. The average Bonchev–Trinajstić information content (AvgIpc) is 2.59. The zero-order valence-corrected chi connectivity index (χ0v) is 15.9. The predicted molar refractivity (Wildman–Crippen MR) is 102 cm³/mol. The molecule has 0 bridgehead atoms. The molecule has 0 unspecified atom stereocenters. The lowest BCUT2D eigenvalue weighted by molar-refractivity contribution is -0.138. The van der Waals surface area contributed by atoms with Crippen LogP contribution >= 0.6 is 23.2 Å². The first-order chi connectivity index (χ1) is 12.2. The number of nitrogens with one attached hydrogen (secondary N) is 2. The van der Waals surface area contributed by atoms with Gasteiger partial charge < -0.3 is 10.6 Å². The second-order valence-electron chi connectivity index (χ2n) is 6.34. The summed E-state index contributed by atoms with van der Waals surface area (Å²) in [6.45, 7) is 3.41. The summed E-state index contributed by atoms with van der Waals surface area (Å²) in [5, 5.41) is 6.08. The van der Waals surface area contributed by atoms with E-state index < -0.39 is 17.2 Å². The van der Waals surface area contributed by atoms with Crippen LogP contribution in [0.4, 0.5) is 10.1 Å². The van der Waals surface area contributed by atoms with Crippen molar-refractivity contribution in [3.05, 3.63) is 63.9 Å². The standard InChI is InChI=1S/C19H19Cl2FN2O2/c1-19(2,18(26)24-14-7-8-15(20)16(21)11-14)17(25)23-10-9-12-3-5-13(22)6-4-12/h3-8,11H,9-10H2,1-2H3,(H,23,25)(H,24,26). The van der Waals surface area contributed by atoms with Crippen molar-refractivity contribution in [2.45, 2.75) is 20.3 Å². The Morgan fingerprint density at radius 1 is 1.00 bits per heavy atom. The zero-order chi connectivity index (χ0) is 19.3. The highest BCUT2D eigenvalue weighted by Crippen LogP contribution is 2.26. The Hall–Kier alpha value is -2.11. The number of hydrogen-bond acceptors (Lipinski definition) is 2. The molecular formula is C19H19Cl2FN2O2. The van der Waals surface area contributed by atoms with E-state index in [2.05, 4.69) is 10.6 Å². The summed E-state index contributed by atoms with van der Waals surface area (Å²) in [6.07, 6.45) is 0.538. The van der Waals surface area contributed by atoms with Gasteiger partial charge in [-0.05, 0) is 56.2 Å². The van der Waals surface area contributed by atoms with Crippen molar-refractivity contribution in [3.63, 3.8) is 0 Å². The lowest BCUT2D eigenvalue weighted by Crippen LogP contribution is -2.45. The average molecular weight is 397 g/mol. The van der Waals surface area contributed by atoms with Crippen molar-refractivity contribution in [2.75, 3.05) is 11.9 Å². The van der Waals surface area contributed by atoms with Gasteiger partial charge in [-0.3, -0.25) is 9.59 Å². The molecule has 2 aromatic rings. The Morgan fingerprint density at radius 3 is 2.27 bits per heavy atom. The summed E-state index contributed by atoms with van der Waals surface area (Å²) in [5.41, 5.74) is 0.0656. The Bertz CT molecular complexity index is 808. The summed E-state index contributed by atoms with van der Waals surface area (Å²) in [5.74, 6) is -1.18. The van der Waals surface area contributed by atoms with Crippen molar-refractivity contribution >= 4 is 40.7 Å². The third-order valence-electron chi connectivity index (χ3n) is 3.93. The Morgan fingerprint density at radius 2 is 1.65 bits per heavy atom.